The van der Waals surface area contributed by atoms with Crippen molar-refractivity contribution < 1.29 is 48.0 Å². The average molecular weight is 406 g/mol. The minimum Gasteiger partial charge on any atom is -0.481 e. The number of rotatable bonds is 15. The van der Waals surface area contributed by atoms with E-state index in [0.29, 0.717) is 12.8 Å². The van der Waals surface area contributed by atoms with Crippen molar-refractivity contribution in [3.63, 3.8) is 0 Å². The second-order valence-electron chi connectivity index (χ2n) is 6.05. The minimum atomic E-state index is -0.974. The number of carbonyl (C=O) groups excluding carboxylic acids is 3. The highest BCUT2D eigenvalue weighted by Crippen LogP contribution is 2.15. The molecule has 162 valence electrons. The molecule has 0 aromatic rings. The van der Waals surface area contributed by atoms with E-state index in [4.69, 9.17) is 14.6 Å². The van der Waals surface area contributed by atoms with Crippen LogP contribution in [-0.2, 0) is 33.3 Å². The maximum atomic E-state index is 12.1. The molecule has 0 aliphatic carbocycles. The highest BCUT2D eigenvalue weighted by Gasteiger charge is 2.22. The van der Waals surface area contributed by atoms with Crippen molar-refractivity contribution in [2.45, 2.75) is 57.8 Å². The number of esters is 1. The third kappa shape index (κ3) is 14.6. The van der Waals surface area contributed by atoms with Gasteiger partial charge in [-0.15, -0.1) is 0 Å². The van der Waals surface area contributed by atoms with Crippen LogP contribution in [0.3, 0.4) is 0 Å². The van der Waals surface area contributed by atoms with Crippen molar-refractivity contribution in [1.29, 1.82) is 0 Å². The van der Waals surface area contributed by atoms with Gasteiger partial charge in [-0.2, -0.15) is 0 Å². The molecule has 0 radical (unpaired) electrons. The summed E-state index contributed by atoms with van der Waals surface area (Å²) in [6, 6.07) is 0. The molecule has 0 bridgehead atoms. The molecule has 0 aliphatic rings. The third-order valence-electron chi connectivity index (χ3n) is 3.89. The number of unbranched alkanes of at least 4 members (excludes halogenated alkanes) is 6. The van der Waals surface area contributed by atoms with Crippen LogP contribution < -0.4 is 0 Å². The smallest absolute Gasteiger partial charge is 0.481 e. The Morgan fingerprint density at radius 2 is 1.29 bits per heavy atom. The molecule has 1 N–H and O–H groups in total. The zero-order chi connectivity index (χ0) is 21.2. The number of aliphatic carboxylic acids is 1. The molecule has 0 aromatic heterocycles. The molecule has 28 heavy (non-hydrogen) atoms. The van der Waals surface area contributed by atoms with E-state index in [-0.39, 0.29) is 13.0 Å². The lowest BCUT2D eigenvalue weighted by molar-refractivity contribution is -0.160. The second-order valence-corrected chi connectivity index (χ2v) is 6.05. The summed E-state index contributed by atoms with van der Waals surface area (Å²) in [4.78, 5) is 44.4. The molecule has 1 atom stereocenters. The Morgan fingerprint density at radius 3 is 1.86 bits per heavy atom. The van der Waals surface area contributed by atoms with Crippen molar-refractivity contribution >= 4 is 24.2 Å². The van der Waals surface area contributed by atoms with E-state index in [1.165, 1.54) is 0 Å². The monoisotopic (exact) mass is 406 g/mol. The highest BCUT2D eigenvalue weighted by molar-refractivity contribution is 5.73. The fourth-order valence-corrected chi connectivity index (χ4v) is 2.36. The van der Waals surface area contributed by atoms with Gasteiger partial charge < -0.3 is 28.8 Å². The van der Waals surface area contributed by atoms with Crippen molar-refractivity contribution in [2.75, 3.05) is 27.6 Å². The van der Waals surface area contributed by atoms with Gasteiger partial charge in [0.25, 0.3) is 0 Å². The second kappa shape index (κ2) is 16.6. The molecular formula is C18H30O10. The quantitative estimate of drug-likeness (QED) is 0.187. The minimum absolute atomic E-state index is 0.196. The normalized spacial score (nSPS) is 11.2. The van der Waals surface area contributed by atoms with E-state index in [1.54, 1.807) is 0 Å². The summed E-state index contributed by atoms with van der Waals surface area (Å²) in [6.07, 6.45) is 4.83. The number of carboxylic acids is 1. The maximum absolute atomic E-state index is 12.1. The van der Waals surface area contributed by atoms with Gasteiger partial charge in [0, 0.05) is 6.42 Å². The van der Waals surface area contributed by atoms with Crippen molar-refractivity contribution in [3.8, 4) is 0 Å². The largest absolute Gasteiger partial charge is 0.510 e. The summed E-state index contributed by atoms with van der Waals surface area (Å²) >= 11 is 0. The molecule has 0 amide bonds. The van der Waals surface area contributed by atoms with E-state index in [1.807, 2.05) is 0 Å². The van der Waals surface area contributed by atoms with Gasteiger partial charge in [0.1, 0.15) is 6.61 Å². The van der Waals surface area contributed by atoms with Crippen LogP contribution in [0.4, 0.5) is 9.59 Å². The number of carboxylic acid groups (broad SMARTS) is 1. The number of methoxy groups -OCH3 is 2. The highest BCUT2D eigenvalue weighted by atomic mass is 16.8. The summed E-state index contributed by atoms with van der Waals surface area (Å²) < 4.78 is 22.8. The topological polar surface area (TPSA) is 135 Å². The predicted molar refractivity (Wildman–Crippen MR) is 95.5 cm³/mol. The number of hydrogen-bond acceptors (Lipinski definition) is 9. The van der Waals surface area contributed by atoms with Gasteiger partial charge in [-0.1, -0.05) is 38.5 Å². The molecule has 10 heteroatoms. The first kappa shape index (κ1) is 25.5. The molecule has 0 saturated heterocycles. The van der Waals surface area contributed by atoms with Crippen LogP contribution in [0, 0.1) is 5.92 Å². The lowest BCUT2D eigenvalue weighted by Crippen LogP contribution is -2.26. The molecule has 0 rings (SSSR count). The molecule has 0 heterocycles. The Kier molecular flexibility index (Phi) is 15.1. The van der Waals surface area contributed by atoms with Crippen LogP contribution in [0.2, 0.25) is 0 Å². The number of ether oxygens (including phenoxy) is 5. The van der Waals surface area contributed by atoms with Gasteiger partial charge in [-0.25, -0.2) is 9.59 Å². The fourth-order valence-electron chi connectivity index (χ4n) is 2.36. The summed E-state index contributed by atoms with van der Waals surface area (Å²) in [5.74, 6) is -2.12. The zero-order valence-corrected chi connectivity index (χ0v) is 16.5. The average Bonchev–Trinajstić information content (AvgIpc) is 2.67. The van der Waals surface area contributed by atoms with E-state index < -0.39 is 37.0 Å². The first-order chi connectivity index (χ1) is 13.4. The van der Waals surface area contributed by atoms with Crippen LogP contribution in [0.1, 0.15) is 57.8 Å². The Balaban J connectivity index is 4.09. The molecule has 0 fully saturated rings. The van der Waals surface area contributed by atoms with Crippen molar-refractivity contribution in [3.05, 3.63) is 0 Å². The van der Waals surface area contributed by atoms with Crippen LogP contribution >= 0.6 is 0 Å². The Labute approximate surface area is 164 Å². The standard InChI is InChI=1S/C18H30O10/c1-24-17(22)26-12-14(16(21)27-13-28-18(23)25-2)10-8-6-4-3-5-7-9-11-15(19)20/h14H,3-13H2,1-2H3,(H,19,20). The molecular weight excluding hydrogens is 376 g/mol. The van der Waals surface area contributed by atoms with Gasteiger partial charge >= 0.3 is 24.2 Å². The summed E-state index contributed by atoms with van der Waals surface area (Å²) in [6.45, 7) is -0.782. The van der Waals surface area contributed by atoms with Crippen LogP contribution in [-0.4, -0.2) is 57.0 Å². The molecule has 1 unspecified atom stereocenters. The zero-order valence-electron chi connectivity index (χ0n) is 16.5. The lowest BCUT2D eigenvalue weighted by Gasteiger charge is -2.15. The van der Waals surface area contributed by atoms with E-state index in [0.717, 1.165) is 52.7 Å². The van der Waals surface area contributed by atoms with Crippen molar-refractivity contribution in [2.24, 2.45) is 5.92 Å². The molecule has 0 spiro atoms. The maximum Gasteiger partial charge on any atom is 0.510 e. The van der Waals surface area contributed by atoms with Gasteiger partial charge in [0.2, 0.25) is 6.79 Å². The number of hydrogen-bond donors (Lipinski definition) is 1. The summed E-state index contributed by atoms with van der Waals surface area (Å²) in [5, 5.41) is 8.56. The SMILES string of the molecule is COC(=O)OCOC(=O)C(CCCCCCCCCC(=O)O)COC(=O)OC. The number of carbonyl (C=O) groups is 4. The molecule has 10 nitrogen and oxygen atoms in total. The predicted octanol–water partition coefficient (Wildman–Crippen LogP) is 3.26. The summed E-state index contributed by atoms with van der Waals surface area (Å²) in [7, 11) is 2.29. The fraction of sp³-hybridized carbons (Fsp3) is 0.778. The van der Waals surface area contributed by atoms with E-state index >= 15 is 0 Å². The summed E-state index contributed by atoms with van der Waals surface area (Å²) in [5.41, 5.74) is 0. The van der Waals surface area contributed by atoms with Gasteiger partial charge in [0.05, 0.1) is 20.1 Å². The van der Waals surface area contributed by atoms with Gasteiger partial charge in [0.15, 0.2) is 0 Å². The van der Waals surface area contributed by atoms with Crippen LogP contribution in [0.15, 0.2) is 0 Å². The Bertz CT molecular complexity index is 477. The van der Waals surface area contributed by atoms with E-state index in [9.17, 15) is 19.2 Å². The van der Waals surface area contributed by atoms with Crippen LogP contribution in [0.5, 0.6) is 0 Å². The van der Waals surface area contributed by atoms with E-state index in [2.05, 4.69) is 14.2 Å². The first-order valence-electron chi connectivity index (χ1n) is 9.20. The van der Waals surface area contributed by atoms with Crippen LogP contribution in [0.25, 0.3) is 0 Å². The van der Waals surface area contributed by atoms with Gasteiger partial charge in [-0.3, -0.25) is 9.59 Å². The molecule has 0 saturated carbocycles. The Hall–Kier alpha value is -2.52. The first-order valence-corrected chi connectivity index (χ1v) is 9.20. The van der Waals surface area contributed by atoms with Gasteiger partial charge in [-0.05, 0) is 12.8 Å². The lowest BCUT2D eigenvalue weighted by atomic mass is 10.0. The third-order valence-corrected chi connectivity index (χ3v) is 3.89. The molecule has 0 aliphatic heterocycles. The van der Waals surface area contributed by atoms with Crippen molar-refractivity contribution in [1.82, 2.24) is 0 Å². The molecule has 0 aromatic carbocycles. The Morgan fingerprint density at radius 1 is 0.750 bits per heavy atom.